The van der Waals surface area contributed by atoms with Gasteiger partial charge in [0.05, 0.1) is 5.56 Å². The van der Waals surface area contributed by atoms with Crippen molar-refractivity contribution in [3.05, 3.63) is 66.1 Å². The van der Waals surface area contributed by atoms with Gasteiger partial charge in [-0.3, -0.25) is 15.6 Å². The zero-order valence-electron chi connectivity index (χ0n) is 14.6. The van der Waals surface area contributed by atoms with E-state index in [1.54, 1.807) is 37.4 Å². The summed E-state index contributed by atoms with van der Waals surface area (Å²) in [5.74, 6) is 0.107. The number of hydrogen-bond acceptors (Lipinski definition) is 5. The summed E-state index contributed by atoms with van der Waals surface area (Å²) in [7, 11) is 0. The van der Waals surface area contributed by atoms with Crippen LogP contribution in [0.3, 0.4) is 0 Å². The Morgan fingerprint density at radius 3 is 2.71 bits per heavy atom. The summed E-state index contributed by atoms with van der Waals surface area (Å²) >= 11 is 0. The lowest BCUT2D eigenvalue weighted by molar-refractivity contribution is -0.137. The number of aryl methyl sites for hydroxylation is 1. The predicted molar refractivity (Wildman–Crippen MR) is 96.5 cm³/mol. The maximum absolute atomic E-state index is 13.0. The first-order valence-corrected chi connectivity index (χ1v) is 8.07. The van der Waals surface area contributed by atoms with Crippen LogP contribution >= 0.6 is 0 Å². The standard InChI is InChI=1S/C18H15F3N6O/c1-12-8-13(10-14(9-12)18(19,20)21)17-23-11-27(26-17)7-5-16(28)25-24-15-4-2-3-6-22-15/h2-11H,1H3,(H,22,24)(H,25,28)/b7-5-. The number of hydrogen-bond donors (Lipinski definition) is 2. The number of nitrogens with one attached hydrogen (secondary N) is 2. The quantitative estimate of drug-likeness (QED) is 0.518. The van der Waals surface area contributed by atoms with E-state index in [-0.39, 0.29) is 11.4 Å². The molecule has 7 nitrogen and oxygen atoms in total. The molecule has 3 aromatic rings. The second-order valence-corrected chi connectivity index (χ2v) is 5.78. The number of halogens is 3. The van der Waals surface area contributed by atoms with E-state index in [0.29, 0.717) is 11.4 Å². The lowest BCUT2D eigenvalue weighted by atomic mass is 10.1. The van der Waals surface area contributed by atoms with Crippen LogP contribution in [0.4, 0.5) is 19.0 Å². The van der Waals surface area contributed by atoms with Crippen LogP contribution in [-0.4, -0.2) is 25.7 Å². The van der Waals surface area contributed by atoms with Crippen LogP contribution in [0.2, 0.25) is 0 Å². The highest BCUT2D eigenvalue weighted by molar-refractivity contribution is 5.90. The molecule has 1 amide bonds. The van der Waals surface area contributed by atoms with E-state index < -0.39 is 17.6 Å². The van der Waals surface area contributed by atoms with Crippen LogP contribution < -0.4 is 10.9 Å². The monoisotopic (exact) mass is 388 g/mol. The van der Waals surface area contributed by atoms with Gasteiger partial charge in [-0.2, -0.15) is 13.2 Å². The van der Waals surface area contributed by atoms with E-state index in [1.807, 2.05) is 0 Å². The molecular formula is C18H15F3N6O. The first kappa shape index (κ1) is 19.1. The van der Waals surface area contributed by atoms with Crippen molar-refractivity contribution in [2.75, 3.05) is 5.43 Å². The maximum Gasteiger partial charge on any atom is 0.416 e. The Morgan fingerprint density at radius 1 is 1.18 bits per heavy atom. The van der Waals surface area contributed by atoms with Crippen LogP contribution in [0, 0.1) is 6.92 Å². The van der Waals surface area contributed by atoms with Crippen LogP contribution in [0.15, 0.2) is 55.0 Å². The summed E-state index contributed by atoms with van der Waals surface area (Å²) in [6.07, 6.45) is 0.914. The van der Waals surface area contributed by atoms with Gasteiger partial charge in [0.15, 0.2) is 5.82 Å². The van der Waals surface area contributed by atoms with Crippen molar-refractivity contribution in [1.82, 2.24) is 25.2 Å². The molecule has 28 heavy (non-hydrogen) atoms. The second-order valence-electron chi connectivity index (χ2n) is 5.78. The van der Waals surface area contributed by atoms with E-state index in [2.05, 4.69) is 25.9 Å². The number of nitrogens with zero attached hydrogens (tertiary/aromatic N) is 4. The summed E-state index contributed by atoms with van der Waals surface area (Å²) in [5, 5.41) is 4.07. The van der Waals surface area contributed by atoms with Crippen molar-refractivity contribution in [3.8, 4) is 11.4 Å². The van der Waals surface area contributed by atoms with Gasteiger partial charge in [-0.05, 0) is 42.8 Å². The van der Waals surface area contributed by atoms with Gasteiger partial charge >= 0.3 is 6.18 Å². The maximum atomic E-state index is 13.0. The molecule has 1 aromatic carbocycles. The summed E-state index contributed by atoms with van der Waals surface area (Å²) in [4.78, 5) is 19.8. The molecule has 3 rings (SSSR count). The smallest absolute Gasteiger partial charge is 0.282 e. The third kappa shape index (κ3) is 4.93. The number of hydrazine groups is 1. The molecule has 0 unspecified atom stereocenters. The first-order valence-electron chi connectivity index (χ1n) is 8.07. The van der Waals surface area contributed by atoms with Gasteiger partial charge < -0.3 is 0 Å². The molecule has 0 radical (unpaired) electrons. The Labute approximate surface area is 157 Å². The molecule has 0 fully saturated rings. The van der Waals surface area contributed by atoms with Gasteiger partial charge in [-0.1, -0.05) is 6.07 Å². The molecule has 0 bridgehead atoms. The number of anilines is 1. The summed E-state index contributed by atoms with van der Waals surface area (Å²) < 4.78 is 40.1. The normalized spacial score (nSPS) is 11.6. The SMILES string of the molecule is Cc1cc(-c2ncn(/C=C\C(=O)NNc3ccccn3)n2)cc(C(F)(F)F)c1. The highest BCUT2D eigenvalue weighted by atomic mass is 19.4. The minimum atomic E-state index is -4.46. The number of rotatable bonds is 5. The first-order chi connectivity index (χ1) is 13.3. The van der Waals surface area contributed by atoms with Crippen molar-refractivity contribution in [2.24, 2.45) is 0 Å². The van der Waals surface area contributed by atoms with Crippen molar-refractivity contribution < 1.29 is 18.0 Å². The van der Waals surface area contributed by atoms with Gasteiger partial charge in [0.2, 0.25) is 0 Å². The molecule has 2 N–H and O–H groups in total. The fourth-order valence-corrected chi connectivity index (χ4v) is 2.30. The average molecular weight is 388 g/mol. The molecule has 0 aliphatic heterocycles. The number of carbonyl (C=O) groups is 1. The molecule has 2 aromatic heterocycles. The number of alkyl halides is 3. The van der Waals surface area contributed by atoms with Gasteiger partial charge in [0.1, 0.15) is 12.1 Å². The average Bonchev–Trinajstić information content (AvgIpc) is 3.13. The number of benzene rings is 1. The number of carbonyl (C=O) groups excluding carboxylic acids is 1. The van der Waals surface area contributed by atoms with Gasteiger partial charge in [0, 0.05) is 24.0 Å². The second kappa shape index (κ2) is 7.91. The van der Waals surface area contributed by atoms with Gasteiger partial charge in [-0.25, -0.2) is 14.6 Å². The van der Waals surface area contributed by atoms with Crippen LogP contribution in [0.1, 0.15) is 11.1 Å². The molecule has 0 saturated heterocycles. The fourth-order valence-electron chi connectivity index (χ4n) is 2.30. The number of amides is 1. The molecule has 0 aliphatic rings. The molecule has 0 atom stereocenters. The zero-order chi connectivity index (χ0) is 20.1. The summed E-state index contributed by atoms with van der Waals surface area (Å²) in [5.41, 5.74) is 4.95. The lowest BCUT2D eigenvalue weighted by Gasteiger charge is -2.09. The van der Waals surface area contributed by atoms with Gasteiger partial charge in [-0.15, -0.1) is 5.10 Å². The fraction of sp³-hybridized carbons (Fsp3) is 0.111. The van der Waals surface area contributed by atoms with Crippen LogP contribution in [-0.2, 0) is 11.0 Å². The zero-order valence-corrected chi connectivity index (χ0v) is 14.6. The molecule has 144 valence electrons. The number of pyridine rings is 1. The highest BCUT2D eigenvalue weighted by Crippen LogP contribution is 2.32. The van der Waals surface area contributed by atoms with E-state index in [9.17, 15) is 18.0 Å². The van der Waals surface area contributed by atoms with E-state index >= 15 is 0 Å². The Kier molecular flexibility index (Phi) is 5.39. The summed E-state index contributed by atoms with van der Waals surface area (Å²) in [6, 6.07) is 8.76. The van der Waals surface area contributed by atoms with Crippen molar-refractivity contribution in [1.29, 1.82) is 0 Å². The van der Waals surface area contributed by atoms with Crippen molar-refractivity contribution in [3.63, 3.8) is 0 Å². The largest absolute Gasteiger partial charge is 0.416 e. The topological polar surface area (TPSA) is 84.7 Å². The van der Waals surface area contributed by atoms with E-state index in [0.717, 1.165) is 12.1 Å². The minimum Gasteiger partial charge on any atom is -0.282 e. The Bertz CT molecular complexity index is 998. The van der Waals surface area contributed by atoms with Crippen molar-refractivity contribution in [2.45, 2.75) is 13.1 Å². The van der Waals surface area contributed by atoms with Crippen LogP contribution in [0.25, 0.3) is 17.6 Å². The third-order valence-electron chi connectivity index (χ3n) is 3.53. The molecule has 0 spiro atoms. The molecular weight excluding hydrogens is 373 g/mol. The van der Waals surface area contributed by atoms with Crippen LogP contribution in [0.5, 0.6) is 0 Å². The molecule has 0 saturated carbocycles. The highest BCUT2D eigenvalue weighted by Gasteiger charge is 2.31. The lowest BCUT2D eigenvalue weighted by Crippen LogP contribution is -2.28. The van der Waals surface area contributed by atoms with E-state index in [1.165, 1.54) is 23.3 Å². The van der Waals surface area contributed by atoms with Gasteiger partial charge in [0.25, 0.3) is 5.91 Å². The summed E-state index contributed by atoms with van der Waals surface area (Å²) in [6.45, 7) is 1.56. The Balaban J connectivity index is 1.68. The third-order valence-corrected chi connectivity index (χ3v) is 3.53. The van der Waals surface area contributed by atoms with E-state index in [4.69, 9.17) is 0 Å². The molecule has 0 aliphatic carbocycles. The predicted octanol–water partition coefficient (Wildman–Crippen LogP) is 3.28. The Morgan fingerprint density at radius 2 is 2.00 bits per heavy atom. The Hall–Kier alpha value is -3.69. The molecule has 10 heteroatoms. The number of aromatic nitrogens is 4. The minimum absolute atomic E-state index is 0.117. The van der Waals surface area contributed by atoms with Crippen molar-refractivity contribution >= 4 is 17.9 Å². The molecule has 2 heterocycles.